The van der Waals surface area contributed by atoms with Crippen LogP contribution in [-0.4, -0.2) is 25.8 Å². The predicted octanol–water partition coefficient (Wildman–Crippen LogP) is 2.07. The number of aldehydes is 1. The minimum absolute atomic E-state index is 0.178. The van der Waals surface area contributed by atoms with Gasteiger partial charge in [0.15, 0.2) is 12.6 Å². The molecule has 1 saturated heterocycles. The van der Waals surface area contributed by atoms with Crippen LogP contribution in [0.1, 0.15) is 15.9 Å². The summed E-state index contributed by atoms with van der Waals surface area (Å²) in [6, 6.07) is 5.34. The number of rotatable bonds is 3. The highest BCUT2D eigenvalue weighted by molar-refractivity contribution is 6.33. The maximum absolute atomic E-state index is 10.5. The van der Waals surface area contributed by atoms with E-state index in [0.29, 0.717) is 30.2 Å². The van der Waals surface area contributed by atoms with Gasteiger partial charge in [0.2, 0.25) is 0 Å². The fraction of sp³-hybridized carbons (Fsp3) is 0.364. The summed E-state index contributed by atoms with van der Waals surface area (Å²) in [5, 5.41) is 0.473. The molecule has 1 aliphatic rings. The second-order valence-electron chi connectivity index (χ2n) is 3.35. The molecule has 0 spiro atoms. The second kappa shape index (κ2) is 4.75. The molecule has 0 aliphatic carbocycles. The molecule has 0 N–H and O–H groups in total. The summed E-state index contributed by atoms with van der Waals surface area (Å²) in [6.07, 6.45) is 1.23. The van der Waals surface area contributed by atoms with E-state index < -0.39 is 0 Å². The number of carbonyl (C=O) groups is 1. The van der Waals surface area contributed by atoms with Gasteiger partial charge in [0.1, 0.15) is 0 Å². The summed E-state index contributed by atoms with van der Waals surface area (Å²) >= 11 is 5.90. The van der Waals surface area contributed by atoms with Gasteiger partial charge < -0.3 is 9.47 Å². The first-order chi connectivity index (χ1) is 7.29. The normalized spacial score (nSPS) is 16.9. The van der Waals surface area contributed by atoms with Crippen LogP contribution in [0.15, 0.2) is 18.2 Å². The fourth-order valence-corrected chi connectivity index (χ4v) is 1.76. The molecule has 0 atom stereocenters. The largest absolute Gasteiger partial charge is 0.350 e. The van der Waals surface area contributed by atoms with Crippen LogP contribution in [0, 0.1) is 0 Å². The van der Waals surface area contributed by atoms with Gasteiger partial charge in [-0.2, -0.15) is 0 Å². The lowest BCUT2D eigenvalue weighted by molar-refractivity contribution is -0.0399. The van der Waals surface area contributed by atoms with Crippen molar-refractivity contribution < 1.29 is 14.3 Å². The molecule has 2 rings (SSSR count). The number of carbonyl (C=O) groups excluding carboxylic acids is 1. The summed E-state index contributed by atoms with van der Waals surface area (Å²) in [7, 11) is 0. The lowest BCUT2D eigenvalue weighted by atomic mass is 10.1. The summed E-state index contributed by atoms with van der Waals surface area (Å²) < 4.78 is 10.6. The molecule has 1 fully saturated rings. The Morgan fingerprint density at radius 2 is 2.13 bits per heavy atom. The van der Waals surface area contributed by atoms with Gasteiger partial charge in [0.05, 0.1) is 18.2 Å². The molecule has 3 nitrogen and oxygen atoms in total. The van der Waals surface area contributed by atoms with E-state index in [0.717, 1.165) is 11.8 Å². The highest BCUT2D eigenvalue weighted by Gasteiger charge is 2.16. The Labute approximate surface area is 92.9 Å². The third-order valence-electron chi connectivity index (χ3n) is 2.29. The van der Waals surface area contributed by atoms with Crippen LogP contribution in [0.2, 0.25) is 5.02 Å². The number of halogens is 1. The van der Waals surface area contributed by atoms with Crippen molar-refractivity contribution in [1.82, 2.24) is 0 Å². The van der Waals surface area contributed by atoms with E-state index in [1.54, 1.807) is 12.1 Å². The van der Waals surface area contributed by atoms with Crippen molar-refractivity contribution in [1.29, 1.82) is 0 Å². The summed E-state index contributed by atoms with van der Waals surface area (Å²) in [5.74, 6) is 0. The molecule has 0 radical (unpaired) electrons. The molecule has 15 heavy (non-hydrogen) atoms. The molecule has 0 aromatic heterocycles. The first-order valence-corrected chi connectivity index (χ1v) is 5.14. The highest BCUT2D eigenvalue weighted by Crippen LogP contribution is 2.19. The zero-order chi connectivity index (χ0) is 10.7. The van der Waals surface area contributed by atoms with Crippen LogP contribution in [0.4, 0.5) is 0 Å². The average molecular weight is 227 g/mol. The Hall–Kier alpha value is -0.900. The van der Waals surface area contributed by atoms with E-state index in [4.69, 9.17) is 21.1 Å². The van der Waals surface area contributed by atoms with Gasteiger partial charge in [-0.3, -0.25) is 4.79 Å². The van der Waals surface area contributed by atoms with E-state index in [2.05, 4.69) is 0 Å². The maximum atomic E-state index is 10.5. The molecule has 1 aliphatic heterocycles. The Morgan fingerprint density at radius 3 is 2.73 bits per heavy atom. The molecular formula is C11H11ClO3. The Morgan fingerprint density at radius 1 is 1.40 bits per heavy atom. The van der Waals surface area contributed by atoms with Gasteiger partial charge in [-0.05, 0) is 17.7 Å². The van der Waals surface area contributed by atoms with Gasteiger partial charge in [0, 0.05) is 12.0 Å². The Balaban J connectivity index is 2.08. The number of ether oxygens (including phenoxy) is 2. The molecule has 0 saturated carbocycles. The fourth-order valence-electron chi connectivity index (χ4n) is 1.51. The maximum Gasteiger partial charge on any atom is 0.161 e. The number of hydrogen-bond donors (Lipinski definition) is 0. The van der Waals surface area contributed by atoms with Crippen LogP contribution >= 0.6 is 11.6 Å². The van der Waals surface area contributed by atoms with Crippen molar-refractivity contribution >= 4 is 17.9 Å². The van der Waals surface area contributed by atoms with E-state index in [1.165, 1.54) is 0 Å². The SMILES string of the molecule is O=Cc1ccc(CC2OCCO2)cc1Cl. The van der Waals surface area contributed by atoms with Gasteiger partial charge in [-0.25, -0.2) is 0 Å². The standard InChI is InChI=1S/C11H11ClO3/c12-10-5-8(1-2-9(10)7-13)6-11-14-3-4-15-11/h1-2,5,7,11H,3-4,6H2. The van der Waals surface area contributed by atoms with Crippen molar-refractivity contribution in [3.05, 3.63) is 34.3 Å². The van der Waals surface area contributed by atoms with Crippen molar-refractivity contribution in [2.75, 3.05) is 13.2 Å². The number of hydrogen-bond acceptors (Lipinski definition) is 3. The minimum atomic E-state index is -0.178. The average Bonchev–Trinajstić information content (AvgIpc) is 2.71. The second-order valence-corrected chi connectivity index (χ2v) is 3.76. The van der Waals surface area contributed by atoms with Crippen LogP contribution < -0.4 is 0 Å². The minimum Gasteiger partial charge on any atom is -0.350 e. The van der Waals surface area contributed by atoms with Crippen molar-refractivity contribution in [3.63, 3.8) is 0 Å². The third kappa shape index (κ3) is 2.56. The zero-order valence-electron chi connectivity index (χ0n) is 8.11. The first kappa shape index (κ1) is 10.6. The molecular weight excluding hydrogens is 216 g/mol. The van der Waals surface area contributed by atoms with E-state index >= 15 is 0 Å². The van der Waals surface area contributed by atoms with Gasteiger partial charge >= 0.3 is 0 Å². The molecule has 0 amide bonds. The third-order valence-corrected chi connectivity index (χ3v) is 2.61. The summed E-state index contributed by atoms with van der Waals surface area (Å²) in [5.41, 5.74) is 1.52. The van der Waals surface area contributed by atoms with Crippen LogP contribution in [-0.2, 0) is 15.9 Å². The quantitative estimate of drug-likeness (QED) is 0.741. The van der Waals surface area contributed by atoms with Crippen molar-refractivity contribution in [2.45, 2.75) is 12.7 Å². The van der Waals surface area contributed by atoms with Crippen molar-refractivity contribution in [2.24, 2.45) is 0 Å². The van der Waals surface area contributed by atoms with Gasteiger partial charge in [-0.15, -0.1) is 0 Å². The zero-order valence-corrected chi connectivity index (χ0v) is 8.87. The summed E-state index contributed by atoms with van der Waals surface area (Å²) in [4.78, 5) is 10.5. The molecule has 1 aromatic carbocycles. The van der Waals surface area contributed by atoms with Crippen LogP contribution in [0.3, 0.4) is 0 Å². The predicted molar refractivity (Wildman–Crippen MR) is 56.2 cm³/mol. The van der Waals surface area contributed by atoms with E-state index in [-0.39, 0.29) is 6.29 Å². The molecule has 4 heteroatoms. The molecule has 80 valence electrons. The Bertz CT molecular complexity index is 359. The summed E-state index contributed by atoms with van der Waals surface area (Å²) in [6.45, 7) is 1.29. The smallest absolute Gasteiger partial charge is 0.161 e. The lowest BCUT2D eigenvalue weighted by Gasteiger charge is -2.09. The molecule has 1 heterocycles. The molecule has 0 bridgehead atoms. The first-order valence-electron chi connectivity index (χ1n) is 4.76. The Kier molecular flexibility index (Phi) is 3.36. The molecule has 1 aromatic rings. The van der Waals surface area contributed by atoms with Crippen LogP contribution in [0.5, 0.6) is 0 Å². The van der Waals surface area contributed by atoms with Gasteiger partial charge in [-0.1, -0.05) is 17.7 Å². The van der Waals surface area contributed by atoms with Gasteiger partial charge in [0.25, 0.3) is 0 Å². The monoisotopic (exact) mass is 226 g/mol. The lowest BCUT2D eigenvalue weighted by Crippen LogP contribution is -2.11. The van der Waals surface area contributed by atoms with Crippen molar-refractivity contribution in [3.8, 4) is 0 Å². The topological polar surface area (TPSA) is 35.5 Å². The van der Waals surface area contributed by atoms with E-state index in [1.807, 2.05) is 6.07 Å². The highest BCUT2D eigenvalue weighted by atomic mass is 35.5. The van der Waals surface area contributed by atoms with E-state index in [9.17, 15) is 4.79 Å². The molecule has 0 unspecified atom stereocenters. The number of benzene rings is 1. The van der Waals surface area contributed by atoms with Crippen LogP contribution in [0.25, 0.3) is 0 Å².